The largest absolute Gasteiger partial charge is 0.508 e. The molecule has 2 heterocycles. The van der Waals surface area contributed by atoms with Crippen LogP contribution in [-0.2, 0) is 6.54 Å². The van der Waals surface area contributed by atoms with Gasteiger partial charge < -0.3 is 15.7 Å². The first kappa shape index (κ1) is 15.4. The molecule has 0 aliphatic rings. The third-order valence-electron chi connectivity index (χ3n) is 3.72. The van der Waals surface area contributed by atoms with Crippen molar-refractivity contribution in [2.45, 2.75) is 6.54 Å². The third-order valence-corrected chi connectivity index (χ3v) is 4.59. The van der Waals surface area contributed by atoms with Crippen LogP contribution in [-0.4, -0.2) is 15.1 Å². The van der Waals surface area contributed by atoms with E-state index in [4.69, 9.17) is 0 Å². The molecule has 124 valence electrons. The van der Waals surface area contributed by atoms with Crippen molar-refractivity contribution >= 4 is 39.7 Å². The molecule has 0 aliphatic carbocycles. The zero-order valence-corrected chi connectivity index (χ0v) is 14.1. The van der Waals surface area contributed by atoms with Gasteiger partial charge in [0, 0.05) is 22.0 Å². The van der Waals surface area contributed by atoms with Gasteiger partial charge in [-0.2, -0.15) is 4.98 Å². The first-order valence-electron chi connectivity index (χ1n) is 7.87. The Kier molecular flexibility index (Phi) is 4.18. The molecule has 25 heavy (non-hydrogen) atoms. The van der Waals surface area contributed by atoms with Crippen molar-refractivity contribution in [2.24, 2.45) is 0 Å². The lowest BCUT2D eigenvalue weighted by Gasteiger charge is -2.11. The summed E-state index contributed by atoms with van der Waals surface area (Å²) in [5.74, 6) is 1.46. The summed E-state index contributed by atoms with van der Waals surface area (Å²) in [6.07, 6.45) is 0. The molecule has 2 aromatic carbocycles. The maximum atomic E-state index is 9.62. The summed E-state index contributed by atoms with van der Waals surface area (Å²) in [5, 5.41) is 19.2. The summed E-state index contributed by atoms with van der Waals surface area (Å²) < 4.78 is 0. The average molecular weight is 348 g/mol. The minimum Gasteiger partial charge on any atom is -0.508 e. The van der Waals surface area contributed by atoms with E-state index in [2.05, 4.69) is 32.0 Å². The van der Waals surface area contributed by atoms with E-state index in [-0.39, 0.29) is 5.75 Å². The van der Waals surface area contributed by atoms with Crippen LogP contribution in [0.3, 0.4) is 0 Å². The highest BCUT2D eigenvalue weighted by Crippen LogP contribution is 2.25. The fraction of sp³-hybridized carbons (Fsp3) is 0.0526. The van der Waals surface area contributed by atoms with Crippen LogP contribution in [0.1, 0.15) is 4.88 Å². The molecule has 3 N–H and O–H groups in total. The Morgan fingerprint density at radius 2 is 1.88 bits per heavy atom. The topological polar surface area (TPSA) is 70.1 Å². The van der Waals surface area contributed by atoms with Crippen molar-refractivity contribution in [3.8, 4) is 5.75 Å². The molecule has 0 saturated heterocycles. The van der Waals surface area contributed by atoms with Crippen molar-refractivity contribution in [3.63, 3.8) is 0 Å². The molecule has 4 aromatic rings. The standard InChI is InChI=1S/C19H16N4OS/c24-14-6-3-5-13(11-14)21-19-22-17-9-2-1-8-16(17)18(23-19)20-12-15-7-4-10-25-15/h1-11,24H,12H2,(H2,20,21,22,23). The second-order valence-corrected chi connectivity index (χ2v) is 6.55. The molecule has 0 aliphatic heterocycles. The van der Waals surface area contributed by atoms with Crippen molar-refractivity contribution in [1.29, 1.82) is 0 Å². The summed E-state index contributed by atoms with van der Waals surface area (Å²) in [6, 6.07) is 18.9. The fourth-order valence-corrected chi connectivity index (χ4v) is 3.21. The van der Waals surface area contributed by atoms with Gasteiger partial charge in [0.05, 0.1) is 12.1 Å². The molecule has 5 nitrogen and oxygen atoms in total. The number of thiophene rings is 1. The number of phenols is 1. The maximum Gasteiger partial charge on any atom is 0.229 e. The Morgan fingerprint density at radius 3 is 2.72 bits per heavy atom. The lowest BCUT2D eigenvalue weighted by atomic mass is 10.2. The average Bonchev–Trinajstić information content (AvgIpc) is 3.13. The van der Waals surface area contributed by atoms with Gasteiger partial charge in [-0.05, 0) is 35.7 Å². The highest BCUT2D eigenvalue weighted by atomic mass is 32.1. The quantitative estimate of drug-likeness (QED) is 0.485. The van der Waals surface area contributed by atoms with E-state index in [1.54, 1.807) is 29.5 Å². The number of aromatic hydroxyl groups is 1. The highest BCUT2D eigenvalue weighted by molar-refractivity contribution is 7.09. The van der Waals surface area contributed by atoms with E-state index in [1.165, 1.54) is 4.88 Å². The van der Waals surface area contributed by atoms with Crippen LogP contribution in [0.5, 0.6) is 5.75 Å². The van der Waals surface area contributed by atoms with Gasteiger partial charge in [-0.15, -0.1) is 11.3 Å². The van der Waals surface area contributed by atoms with Crippen LogP contribution < -0.4 is 10.6 Å². The molecule has 0 atom stereocenters. The SMILES string of the molecule is Oc1cccc(Nc2nc(NCc3cccs3)c3ccccc3n2)c1. The number of benzene rings is 2. The summed E-state index contributed by atoms with van der Waals surface area (Å²) in [4.78, 5) is 10.4. The molecule has 0 radical (unpaired) electrons. The van der Waals surface area contributed by atoms with Gasteiger partial charge >= 0.3 is 0 Å². The molecular formula is C19H16N4OS. The van der Waals surface area contributed by atoms with E-state index in [0.717, 1.165) is 22.4 Å². The molecule has 0 amide bonds. The second kappa shape index (κ2) is 6.78. The van der Waals surface area contributed by atoms with Crippen LogP contribution in [0.4, 0.5) is 17.5 Å². The lowest BCUT2D eigenvalue weighted by Crippen LogP contribution is -2.05. The first-order chi connectivity index (χ1) is 12.3. The Bertz CT molecular complexity index is 1000. The highest BCUT2D eigenvalue weighted by Gasteiger charge is 2.08. The fourth-order valence-electron chi connectivity index (χ4n) is 2.56. The number of nitrogens with zero attached hydrogens (tertiary/aromatic N) is 2. The molecule has 4 rings (SSSR count). The van der Waals surface area contributed by atoms with Crippen molar-refractivity contribution < 1.29 is 5.11 Å². The smallest absolute Gasteiger partial charge is 0.229 e. The van der Waals surface area contributed by atoms with E-state index in [9.17, 15) is 5.11 Å². The minimum absolute atomic E-state index is 0.196. The number of hydrogen-bond acceptors (Lipinski definition) is 6. The molecule has 0 unspecified atom stereocenters. The molecular weight excluding hydrogens is 332 g/mol. The molecule has 0 fully saturated rings. The number of hydrogen-bond donors (Lipinski definition) is 3. The lowest BCUT2D eigenvalue weighted by molar-refractivity contribution is 0.475. The van der Waals surface area contributed by atoms with Crippen LogP contribution in [0.15, 0.2) is 66.0 Å². The van der Waals surface area contributed by atoms with Gasteiger partial charge in [0.15, 0.2) is 0 Å². The van der Waals surface area contributed by atoms with Crippen LogP contribution >= 0.6 is 11.3 Å². The van der Waals surface area contributed by atoms with Crippen molar-refractivity contribution in [2.75, 3.05) is 10.6 Å². The summed E-state index contributed by atoms with van der Waals surface area (Å²) in [5.41, 5.74) is 1.59. The molecule has 2 aromatic heterocycles. The third kappa shape index (κ3) is 3.54. The summed E-state index contributed by atoms with van der Waals surface area (Å²) in [6.45, 7) is 0.713. The van der Waals surface area contributed by atoms with E-state index >= 15 is 0 Å². The van der Waals surface area contributed by atoms with Crippen molar-refractivity contribution in [3.05, 3.63) is 70.9 Å². The van der Waals surface area contributed by atoms with Gasteiger partial charge in [-0.1, -0.05) is 24.3 Å². The van der Waals surface area contributed by atoms with E-state index < -0.39 is 0 Å². The minimum atomic E-state index is 0.196. The molecule has 0 saturated carbocycles. The number of rotatable bonds is 5. The Labute approximate surface area is 149 Å². The normalized spacial score (nSPS) is 10.7. The number of anilines is 3. The molecule has 0 bridgehead atoms. The van der Waals surface area contributed by atoms with Gasteiger partial charge in [-0.25, -0.2) is 4.98 Å². The zero-order chi connectivity index (χ0) is 17.1. The van der Waals surface area contributed by atoms with Crippen LogP contribution in [0, 0.1) is 0 Å². The van der Waals surface area contributed by atoms with Gasteiger partial charge in [0.2, 0.25) is 5.95 Å². The second-order valence-electron chi connectivity index (χ2n) is 5.52. The van der Waals surface area contributed by atoms with Crippen LogP contribution in [0.2, 0.25) is 0 Å². The Morgan fingerprint density at radius 1 is 0.960 bits per heavy atom. The number of aromatic nitrogens is 2. The van der Waals surface area contributed by atoms with E-state index in [1.807, 2.05) is 36.4 Å². The number of nitrogens with one attached hydrogen (secondary N) is 2. The Hall–Kier alpha value is -3.12. The first-order valence-corrected chi connectivity index (χ1v) is 8.75. The molecule has 0 spiro atoms. The molecule has 6 heteroatoms. The van der Waals surface area contributed by atoms with Crippen LogP contribution in [0.25, 0.3) is 10.9 Å². The monoisotopic (exact) mass is 348 g/mol. The summed E-state index contributed by atoms with van der Waals surface area (Å²) in [7, 11) is 0. The predicted molar refractivity (Wildman–Crippen MR) is 103 cm³/mol. The number of para-hydroxylation sites is 1. The maximum absolute atomic E-state index is 9.62. The summed E-state index contributed by atoms with van der Waals surface area (Å²) >= 11 is 1.71. The van der Waals surface area contributed by atoms with Gasteiger partial charge in [0.1, 0.15) is 11.6 Å². The predicted octanol–water partition coefficient (Wildman–Crippen LogP) is 4.75. The van der Waals surface area contributed by atoms with Crippen molar-refractivity contribution in [1.82, 2.24) is 9.97 Å². The number of fused-ring (bicyclic) bond motifs is 1. The Balaban J connectivity index is 1.67. The zero-order valence-electron chi connectivity index (χ0n) is 13.3. The van der Waals surface area contributed by atoms with Gasteiger partial charge in [0.25, 0.3) is 0 Å². The van der Waals surface area contributed by atoms with Gasteiger partial charge in [-0.3, -0.25) is 0 Å². The number of phenolic OH excluding ortho intramolecular Hbond substituents is 1. The van der Waals surface area contributed by atoms with E-state index in [0.29, 0.717) is 12.5 Å².